The number of hydrogen-bond acceptors (Lipinski definition) is 5. The lowest BCUT2D eigenvalue weighted by Crippen LogP contribution is -2.24. The Morgan fingerprint density at radius 3 is 2.50 bits per heavy atom. The molecule has 1 unspecified atom stereocenters. The number of ether oxygens (including phenoxy) is 3. The predicted molar refractivity (Wildman–Crippen MR) is 122 cm³/mol. The smallest absolute Gasteiger partial charge is 0.337 e. The molecule has 6 heteroatoms. The van der Waals surface area contributed by atoms with Gasteiger partial charge in [0.15, 0.2) is 6.29 Å². The summed E-state index contributed by atoms with van der Waals surface area (Å²) in [4.78, 5) is 16.7. The third-order valence-electron chi connectivity index (χ3n) is 5.63. The fourth-order valence-corrected chi connectivity index (χ4v) is 3.98. The molecule has 6 nitrogen and oxygen atoms in total. The number of aromatic nitrogens is 2. The van der Waals surface area contributed by atoms with Crippen LogP contribution in [0.1, 0.15) is 29.6 Å². The van der Waals surface area contributed by atoms with Crippen molar-refractivity contribution in [1.29, 1.82) is 0 Å². The fourth-order valence-electron chi connectivity index (χ4n) is 3.98. The number of hydrogen-bond donors (Lipinski definition) is 0. The molecule has 0 amide bonds. The van der Waals surface area contributed by atoms with Crippen molar-refractivity contribution in [1.82, 2.24) is 9.55 Å². The van der Waals surface area contributed by atoms with E-state index in [-0.39, 0.29) is 12.3 Å². The number of nitrogens with zero attached hydrogens (tertiary/aromatic N) is 2. The average molecular weight is 428 g/mol. The van der Waals surface area contributed by atoms with E-state index in [1.165, 1.54) is 7.11 Å². The summed E-state index contributed by atoms with van der Waals surface area (Å²) in [6, 6.07) is 23.3. The van der Waals surface area contributed by atoms with E-state index < -0.39 is 0 Å². The first-order valence-corrected chi connectivity index (χ1v) is 10.8. The van der Waals surface area contributed by atoms with Crippen LogP contribution < -0.4 is 4.74 Å². The van der Waals surface area contributed by atoms with Gasteiger partial charge in [-0.15, -0.1) is 0 Å². The molecule has 1 fully saturated rings. The minimum atomic E-state index is -0.359. The van der Waals surface area contributed by atoms with Crippen LogP contribution in [0.4, 0.5) is 0 Å². The summed E-state index contributed by atoms with van der Waals surface area (Å²) in [5.74, 6) is 1.23. The van der Waals surface area contributed by atoms with Gasteiger partial charge in [0.2, 0.25) is 0 Å². The molecular weight excluding hydrogens is 404 g/mol. The summed E-state index contributed by atoms with van der Waals surface area (Å²) >= 11 is 0. The Labute approximate surface area is 186 Å². The van der Waals surface area contributed by atoms with Gasteiger partial charge >= 0.3 is 5.97 Å². The molecule has 1 saturated heterocycles. The highest BCUT2D eigenvalue weighted by Gasteiger charge is 2.17. The van der Waals surface area contributed by atoms with Gasteiger partial charge in [-0.25, -0.2) is 9.78 Å². The summed E-state index contributed by atoms with van der Waals surface area (Å²) in [6.45, 7) is 0.752. The molecule has 0 N–H and O–H groups in total. The van der Waals surface area contributed by atoms with E-state index in [4.69, 9.17) is 19.2 Å². The largest absolute Gasteiger partial charge is 0.465 e. The number of benzene rings is 3. The van der Waals surface area contributed by atoms with E-state index in [0.29, 0.717) is 5.56 Å². The van der Waals surface area contributed by atoms with Gasteiger partial charge in [0.1, 0.15) is 11.6 Å². The van der Waals surface area contributed by atoms with E-state index in [1.807, 2.05) is 54.6 Å². The number of carbonyl (C=O) groups excluding carboxylic acids is 1. The molecule has 162 valence electrons. The van der Waals surface area contributed by atoms with Crippen LogP contribution in [0.25, 0.3) is 28.1 Å². The molecule has 0 radical (unpaired) electrons. The normalized spacial score (nSPS) is 16.1. The minimum Gasteiger partial charge on any atom is -0.465 e. The molecule has 4 aromatic rings. The highest BCUT2D eigenvalue weighted by atomic mass is 16.7. The molecule has 0 aliphatic carbocycles. The van der Waals surface area contributed by atoms with Gasteiger partial charge in [-0.05, 0) is 61.4 Å². The summed E-state index contributed by atoms with van der Waals surface area (Å²) in [5, 5.41) is 0. The maximum Gasteiger partial charge on any atom is 0.337 e. The zero-order chi connectivity index (χ0) is 21.9. The monoisotopic (exact) mass is 428 g/mol. The van der Waals surface area contributed by atoms with Crippen molar-refractivity contribution in [2.24, 2.45) is 0 Å². The Hall–Kier alpha value is -3.64. The van der Waals surface area contributed by atoms with Gasteiger partial charge in [-0.2, -0.15) is 0 Å². The second-order valence-electron chi connectivity index (χ2n) is 7.74. The number of fused-ring (bicyclic) bond motifs is 1. The van der Waals surface area contributed by atoms with Gasteiger partial charge in [0.05, 0.1) is 30.3 Å². The summed E-state index contributed by atoms with van der Waals surface area (Å²) in [7, 11) is 1.38. The number of carbonyl (C=O) groups is 1. The number of imidazole rings is 1. The minimum absolute atomic E-state index is 0.174. The van der Waals surface area contributed by atoms with Crippen LogP contribution in [-0.4, -0.2) is 35.5 Å². The van der Waals surface area contributed by atoms with Crippen LogP contribution in [0, 0.1) is 0 Å². The molecule has 0 saturated carbocycles. The highest BCUT2D eigenvalue weighted by molar-refractivity contribution is 5.90. The van der Waals surface area contributed by atoms with Gasteiger partial charge < -0.3 is 14.2 Å². The molecule has 1 aliphatic rings. The van der Waals surface area contributed by atoms with Crippen LogP contribution >= 0.6 is 0 Å². The molecule has 0 spiro atoms. The molecule has 1 atom stereocenters. The Kier molecular flexibility index (Phi) is 5.60. The van der Waals surface area contributed by atoms with Crippen LogP contribution in [0.15, 0.2) is 72.8 Å². The first-order valence-electron chi connectivity index (χ1n) is 10.8. The number of esters is 1. The van der Waals surface area contributed by atoms with Crippen molar-refractivity contribution >= 4 is 17.0 Å². The van der Waals surface area contributed by atoms with Crippen molar-refractivity contribution in [2.75, 3.05) is 13.7 Å². The number of rotatable bonds is 5. The molecule has 2 heterocycles. The SMILES string of the molecule is COC(=O)c1ccc(-c2nc3ccccc3n2-c2ccc(OC3CCCCO3)cc2)cc1. The van der Waals surface area contributed by atoms with Crippen molar-refractivity contribution < 1.29 is 19.0 Å². The lowest BCUT2D eigenvalue weighted by atomic mass is 10.1. The molecule has 3 aromatic carbocycles. The average Bonchev–Trinajstić information content (AvgIpc) is 3.24. The lowest BCUT2D eigenvalue weighted by Gasteiger charge is -2.23. The van der Waals surface area contributed by atoms with Crippen LogP contribution in [0.5, 0.6) is 5.75 Å². The Bertz CT molecular complexity index is 1220. The Balaban J connectivity index is 1.51. The first kappa shape index (κ1) is 20.3. The number of para-hydroxylation sites is 2. The second-order valence-corrected chi connectivity index (χ2v) is 7.74. The Morgan fingerprint density at radius 2 is 1.78 bits per heavy atom. The standard InChI is InChI=1S/C26H24N2O4/c1-30-26(29)19-11-9-18(10-12-19)25-27-22-6-2-3-7-23(22)28(25)20-13-15-21(16-14-20)32-24-8-4-5-17-31-24/h2-3,6-7,9-16,24H,4-5,8,17H2,1H3. The maximum atomic E-state index is 11.8. The summed E-state index contributed by atoms with van der Waals surface area (Å²) < 4.78 is 18.6. The lowest BCUT2D eigenvalue weighted by molar-refractivity contribution is -0.105. The van der Waals surface area contributed by atoms with E-state index >= 15 is 0 Å². The molecule has 0 bridgehead atoms. The van der Waals surface area contributed by atoms with E-state index in [1.54, 1.807) is 12.1 Å². The summed E-state index contributed by atoms with van der Waals surface area (Å²) in [5.41, 5.74) is 4.29. The highest BCUT2D eigenvalue weighted by Crippen LogP contribution is 2.30. The van der Waals surface area contributed by atoms with Gasteiger partial charge in [0.25, 0.3) is 0 Å². The molecule has 1 aromatic heterocycles. The van der Waals surface area contributed by atoms with E-state index in [2.05, 4.69) is 10.6 Å². The zero-order valence-electron chi connectivity index (χ0n) is 17.9. The van der Waals surface area contributed by atoms with Crippen LogP contribution in [-0.2, 0) is 9.47 Å². The fraction of sp³-hybridized carbons (Fsp3) is 0.231. The zero-order valence-corrected chi connectivity index (χ0v) is 17.9. The second kappa shape index (κ2) is 8.85. The van der Waals surface area contributed by atoms with E-state index in [0.717, 1.165) is 59.7 Å². The van der Waals surface area contributed by atoms with Gasteiger partial charge in [0, 0.05) is 17.7 Å². The Morgan fingerprint density at radius 1 is 1.00 bits per heavy atom. The quantitative estimate of drug-likeness (QED) is 0.399. The van der Waals surface area contributed by atoms with Crippen LogP contribution in [0.2, 0.25) is 0 Å². The van der Waals surface area contributed by atoms with Gasteiger partial charge in [-0.1, -0.05) is 24.3 Å². The first-order chi connectivity index (χ1) is 15.7. The van der Waals surface area contributed by atoms with Crippen LogP contribution in [0.3, 0.4) is 0 Å². The van der Waals surface area contributed by atoms with Crippen molar-refractivity contribution in [3.63, 3.8) is 0 Å². The predicted octanol–water partition coefficient (Wildman–Crippen LogP) is 5.38. The van der Waals surface area contributed by atoms with Crippen molar-refractivity contribution in [2.45, 2.75) is 25.6 Å². The van der Waals surface area contributed by atoms with E-state index in [9.17, 15) is 4.79 Å². The maximum absolute atomic E-state index is 11.8. The number of methoxy groups -OCH3 is 1. The summed E-state index contributed by atoms with van der Waals surface area (Å²) in [6.07, 6.45) is 2.96. The molecular formula is C26H24N2O4. The van der Waals surface area contributed by atoms with Crippen molar-refractivity contribution in [3.05, 3.63) is 78.4 Å². The molecule has 32 heavy (non-hydrogen) atoms. The topological polar surface area (TPSA) is 62.6 Å². The third-order valence-corrected chi connectivity index (χ3v) is 5.63. The molecule has 5 rings (SSSR count). The van der Waals surface area contributed by atoms with Crippen molar-refractivity contribution in [3.8, 4) is 22.8 Å². The third kappa shape index (κ3) is 3.97. The molecule has 1 aliphatic heterocycles. The van der Waals surface area contributed by atoms with Gasteiger partial charge in [-0.3, -0.25) is 4.57 Å².